The molecule has 3 N–H and O–H groups in total. The molecule has 1 saturated heterocycles. The summed E-state index contributed by atoms with van der Waals surface area (Å²) in [5.74, 6) is 9.12. The Hall–Kier alpha value is 0.230. The molecular formula is C14H31N3S. The third-order valence-electron chi connectivity index (χ3n) is 4.25. The molecule has 1 fully saturated rings. The number of rotatable bonds is 8. The van der Waals surface area contributed by atoms with Crippen molar-refractivity contribution >= 4 is 11.8 Å². The third kappa shape index (κ3) is 5.08. The number of hydrogen-bond donors (Lipinski definition) is 2. The van der Waals surface area contributed by atoms with Crippen molar-refractivity contribution in [1.29, 1.82) is 0 Å². The van der Waals surface area contributed by atoms with Gasteiger partial charge < -0.3 is 4.90 Å². The summed E-state index contributed by atoms with van der Waals surface area (Å²) in [7, 11) is 2.24. The number of nitrogens with two attached hydrogens (primary N) is 1. The minimum atomic E-state index is 0.449. The molecule has 18 heavy (non-hydrogen) atoms. The van der Waals surface area contributed by atoms with E-state index in [0.717, 1.165) is 5.92 Å². The first-order chi connectivity index (χ1) is 8.72. The van der Waals surface area contributed by atoms with Gasteiger partial charge in [-0.2, -0.15) is 11.8 Å². The zero-order valence-electron chi connectivity index (χ0n) is 12.3. The van der Waals surface area contributed by atoms with Crippen molar-refractivity contribution in [2.45, 2.75) is 58.0 Å². The van der Waals surface area contributed by atoms with Gasteiger partial charge in [0.05, 0.1) is 0 Å². The van der Waals surface area contributed by atoms with Gasteiger partial charge in [0.15, 0.2) is 0 Å². The predicted octanol–water partition coefficient (Wildman–Crippen LogP) is 2.47. The van der Waals surface area contributed by atoms with Crippen molar-refractivity contribution in [3.63, 3.8) is 0 Å². The number of thioether (sulfide) groups is 1. The maximum atomic E-state index is 5.81. The van der Waals surface area contributed by atoms with E-state index in [0.29, 0.717) is 12.1 Å². The summed E-state index contributed by atoms with van der Waals surface area (Å²) in [5, 5.41) is 0. The Morgan fingerprint density at radius 3 is 2.78 bits per heavy atom. The van der Waals surface area contributed by atoms with E-state index in [4.69, 9.17) is 5.84 Å². The second-order valence-corrected chi connectivity index (χ2v) is 6.70. The fraction of sp³-hybridized carbons (Fsp3) is 1.00. The molecule has 0 spiro atoms. The van der Waals surface area contributed by atoms with Gasteiger partial charge in [0.25, 0.3) is 0 Å². The maximum absolute atomic E-state index is 5.81. The van der Waals surface area contributed by atoms with Crippen LogP contribution >= 0.6 is 11.8 Å². The molecule has 0 aromatic heterocycles. The summed E-state index contributed by atoms with van der Waals surface area (Å²) < 4.78 is 0. The zero-order valence-corrected chi connectivity index (χ0v) is 13.1. The monoisotopic (exact) mass is 273 g/mol. The molecule has 0 saturated carbocycles. The summed E-state index contributed by atoms with van der Waals surface area (Å²) in [6, 6.07) is 1.05. The summed E-state index contributed by atoms with van der Waals surface area (Å²) in [5.41, 5.74) is 3.09. The molecule has 1 rings (SSSR count). The molecular weight excluding hydrogens is 242 g/mol. The van der Waals surface area contributed by atoms with Crippen molar-refractivity contribution < 1.29 is 0 Å². The standard InChI is InChI=1S/C14H31N3S/c1-4-6-7-12(5-2)10-13(16-15)14-11-18-9-8-17(14)3/h12-14,16H,4-11,15H2,1-3H3. The van der Waals surface area contributed by atoms with Gasteiger partial charge in [-0.1, -0.05) is 39.5 Å². The minimum absolute atomic E-state index is 0.449. The van der Waals surface area contributed by atoms with E-state index in [1.54, 1.807) is 0 Å². The number of likely N-dealkylation sites (N-methyl/N-ethyl adjacent to an activating group) is 1. The first-order valence-electron chi connectivity index (χ1n) is 7.47. The van der Waals surface area contributed by atoms with E-state index in [9.17, 15) is 0 Å². The Morgan fingerprint density at radius 1 is 1.44 bits per heavy atom. The molecule has 0 amide bonds. The van der Waals surface area contributed by atoms with Crippen LogP contribution in [0.25, 0.3) is 0 Å². The summed E-state index contributed by atoms with van der Waals surface area (Å²) in [6.07, 6.45) is 6.51. The average Bonchev–Trinajstić information content (AvgIpc) is 2.40. The highest BCUT2D eigenvalue weighted by Gasteiger charge is 2.28. The lowest BCUT2D eigenvalue weighted by Crippen LogP contribution is -2.55. The van der Waals surface area contributed by atoms with E-state index >= 15 is 0 Å². The maximum Gasteiger partial charge on any atom is 0.0376 e. The molecule has 3 atom stereocenters. The SMILES string of the molecule is CCCCC(CC)CC(NN)C1CSCCN1C. The molecule has 0 aliphatic carbocycles. The van der Waals surface area contributed by atoms with Crippen molar-refractivity contribution in [2.24, 2.45) is 11.8 Å². The minimum Gasteiger partial charge on any atom is -0.300 e. The summed E-state index contributed by atoms with van der Waals surface area (Å²) in [6.45, 7) is 5.78. The van der Waals surface area contributed by atoms with E-state index in [1.165, 1.54) is 50.2 Å². The molecule has 108 valence electrons. The Labute approximate surface area is 117 Å². The molecule has 4 heteroatoms. The Kier molecular flexibility index (Phi) is 8.31. The lowest BCUT2D eigenvalue weighted by Gasteiger charge is -2.38. The van der Waals surface area contributed by atoms with Gasteiger partial charge in [-0.25, -0.2) is 0 Å². The van der Waals surface area contributed by atoms with Crippen LogP contribution in [-0.4, -0.2) is 42.1 Å². The van der Waals surface area contributed by atoms with Crippen molar-refractivity contribution in [3.05, 3.63) is 0 Å². The molecule has 0 bridgehead atoms. The quantitative estimate of drug-likeness (QED) is 0.526. The Morgan fingerprint density at radius 2 is 2.22 bits per heavy atom. The number of nitrogens with zero attached hydrogens (tertiary/aromatic N) is 1. The van der Waals surface area contributed by atoms with Crippen LogP contribution < -0.4 is 11.3 Å². The predicted molar refractivity (Wildman–Crippen MR) is 82.8 cm³/mol. The molecule has 1 aliphatic heterocycles. The van der Waals surface area contributed by atoms with Crippen LogP contribution in [0.15, 0.2) is 0 Å². The zero-order chi connectivity index (χ0) is 13.4. The van der Waals surface area contributed by atoms with Crippen LogP contribution in [-0.2, 0) is 0 Å². The number of unbranched alkanes of at least 4 members (excludes halogenated alkanes) is 1. The first-order valence-corrected chi connectivity index (χ1v) is 8.62. The fourth-order valence-electron chi connectivity index (χ4n) is 2.81. The van der Waals surface area contributed by atoms with Crippen molar-refractivity contribution in [3.8, 4) is 0 Å². The van der Waals surface area contributed by atoms with Crippen LogP contribution in [0.5, 0.6) is 0 Å². The van der Waals surface area contributed by atoms with Crippen LogP contribution in [0.4, 0.5) is 0 Å². The van der Waals surface area contributed by atoms with Crippen molar-refractivity contribution in [2.75, 3.05) is 25.1 Å². The molecule has 3 nitrogen and oxygen atoms in total. The van der Waals surface area contributed by atoms with E-state index in [-0.39, 0.29) is 0 Å². The lowest BCUT2D eigenvalue weighted by molar-refractivity contribution is 0.190. The topological polar surface area (TPSA) is 41.3 Å². The van der Waals surface area contributed by atoms with Crippen LogP contribution in [0.2, 0.25) is 0 Å². The highest BCUT2D eigenvalue weighted by molar-refractivity contribution is 7.99. The van der Waals surface area contributed by atoms with Gasteiger partial charge in [-0.05, 0) is 19.4 Å². The van der Waals surface area contributed by atoms with Gasteiger partial charge >= 0.3 is 0 Å². The van der Waals surface area contributed by atoms with Gasteiger partial charge in [0.2, 0.25) is 0 Å². The summed E-state index contributed by atoms with van der Waals surface area (Å²) >= 11 is 2.07. The molecule has 0 aromatic carbocycles. The summed E-state index contributed by atoms with van der Waals surface area (Å²) in [4.78, 5) is 2.48. The normalized spacial score (nSPS) is 25.0. The van der Waals surface area contributed by atoms with Crippen LogP contribution in [0, 0.1) is 5.92 Å². The second kappa shape index (κ2) is 9.18. The van der Waals surface area contributed by atoms with Crippen molar-refractivity contribution in [1.82, 2.24) is 10.3 Å². The highest BCUT2D eigenvalue weighted by atomic mass is 32.2. The molecule has 0 aromatic rings. The number of hydrogen-bond acceptors (Lipinski definition) is 4. The highest BCUT2D eigenvalue weighted by Crippen LogP contribution is 2.24. The van der Waals surface area contributed by atoms with E-state index in [2.05, 4.69) is 43.0 Å². The first kappa shape index (κ1) is 16.3. The fourth-order valence-corrected chi connectivity index (χ4v) is 4.12. The van der Waals surface area contributed by atoms with Crippen LogP contribution in [0.1, 0.15) is 46.0 Å². The van der Waals surface area contributed by atoms with Gasteiger partial charge in [-0.15, -0.1) is 0 Å². The number of nitrogens with one attached hydrogen (secondary N) is 1. The van der Waals surface area contributed by atoms with E-state index < -0.39 is 0 Å². The van der Waals surface area contributed by atoms with Gasteiger partial charge in [0, 0.05) is 30.1 Å². The van der Waals surface area contributed by atoms with Gasteiger partial charge in [0.1, 0.15) is 0 Å². The molecule has 0 radical (unpaired) electrons. The lowest BCUT2D eigenvalue weighted by atomic mass is 9.89. The van der Waals surface area contributed by atoms with Gasteiger partial charge in [-0.3, -0.25) is 11.3 Å². The molecule has 3 unspecified atom stereocenters. The van der Waals surface area contributed by atoms with E-state index in [1.807, 2.05) is 0 Å². The largest absolute Gasteiger partial charge is 0.300 e. The Bertz CT molecular complexity index is 213. The second-order valence-electron chi connectivity index (χ2n) is 5.55. The molecule has 1 heterocycles. The molecule has 1 aliphatic rings. The number of hydrazine groups is 1. The average molecular weight is 273 g/mol. The van der Waals surface area contributed by atoms with Crippen LogP contribution in [0.3, 0.4) is 0 Å². The Balaban J connectivity index is 2.47. The smallest absolute Gasteiger partial charge is 0.0376 e. The third-order valence-corrected chi connectivity index (χ3v) is 5.30.